The molecule has 1 aromatic carbocycles. The summed E-state index contributed by atoms with van der Waals surface area (Å²) in [7, 11) is 1.48. The van der Waals surface area contributed by atoms with Crippen molar-refractivity contribution in [3.63, 3.8) is 0 Å². The lowest BCUT2D eigenvalue weighted by Gasteiger charge is -2.10. The Bertz CT molecular complexity index is 659. The first-order valence-corrected chi connectivity index (χ1v) is 5.82. The molecule has 0 aliphatic heterocycles. The molecule has 1 aromatic heterocycles. The van der Waals surface area contributed by atoms with Crippen LogP contribution in [0.3, 0.4) is 0 Å². The molecule has 0 saturated heterocycles. The van der Waals surface area contributed by atoms with Crippen LogP contribution in [0.5, 0.6) is 5.75 Å². The monoisotopic (exact) mass is 276 g/mol. The fourth-order valence-corrected chi connectivity index (χ4v) is 1.72. The highest BCUT2D eigenvalue weighted by Crippen LogP contribution is 2.24. The van der Waals surface area contributed by atoms with Crippen LogP contribution in [0.1, 0.15) is 16.1 Å². The number of anilines is 2. The van der Waals surface area contributed by atoms with E-state index in [-0.39, 0.29) is 17.1 Å². The molecule has 0 amide bonds. The lowest BCUT2D eigenvalue weighted by atomic mass is 10.2. The van der Waals surface area contributed by atoms with E-state index in [2.05, 4.69) is 10.3 Å². The van der Waals surface area contributed by atoms with E-state index in [1.807, 2.05) is 0 Å². The van der Waals surface area contributed by atoms with Crippen molar-refractivity contribution >= 4 is 17.5 Å². The number of aromatic carboxylic acids is 1. The lowest BCUT2D eigenvalue weighted by molar-refractivity contribution is 0.0696. The summed E-state index contributed by atoms with van der Waals surface area (Å²) in [6, 6.07) is 7.01. The molecule has 0 radical (unpaired) electrons. The molecule has 0 aliphatic carbocycles. The number of hydrogen-bond acceptors (Lipinski definition) is 4. The van der Waals surface area contributed by atoms with Crippen LogP contribution in [0.4, 0.5) is 15.9 Å². The third-order valence-corrected chi connectivity index (χ3v) is 2.64. The number of hydrogen-bond donors (Lipinski definition) is 2. The van der Waals surface area contributed by atoms with Crippen molar-refractivity contribution < 1.29 is 19.0 Å². The molecular weight excluding hydrogens is 263 g/mol. The number of nitrogens with zero attached hydrogens (tertiary/aromatic N) is 1. The van der Waals surface area contributed by atoms with Gasteiger partial charge in [-0.3, -0.25) is 0 Å². The van der Waals surface area contributed by atoms with Crippen LogP contribution in [0.25, 0.3) is 0 Å². The zero-order valence-corrected chi connectivity index (χ0v) is 11.0. The van der Waals surface area contributed by atoms with Crippen molar-refractivity contribution in [3.8, 4) is 5.75 Å². The van der Waals surface area contributed by atoms with Gasteiger partial charge in [0.05, 0.1) is 18.4 Å². The van der Waals surface area contributed by atoms with Crippen molar-refractivity contribution in [2.24, 2.45) is 0 Å². The summed E-state index contributed by atoms with van der Waals surface area (Å²) in [5, 5.41) is 11.7. The summed E-state index contributed by atoms with van der Waals surface area (Å²) >= 11 is 0. The molecular formula is C14H13FN2O3. The normalized spacial score (nSPS) is 10.2. The van der Waals surface area contributed by atoms with E-state index in [0.29, 0.717) is 11.4 Å². The maximum atomic E-state index is 13.7. The number of halogens is 1. The Labute approximate surface area is 115 Å². The number of benzene rings is 1. The Morgan fingerprint density at radius 2 is 2.10 bits per heavy atom. The van der Waals surface area contributed by atoms with Gasteiger partial charge in [0.25, 0.3) is 0 Å². The van der Waals surface area contributed by atoms with Crippen molar-refractivity contribution in [1.29, 1.82) is 0 Å². The van der Waals surface area contributed by atoms with E-state index in [9.17, 15) is 9.18 Å². The van der Waals surface area contributed by atoms with Gasteiger partial charge < -0.3 is 15.2 Å². The second-order valence-corrected chi connectivity index (χ2v) is 4.16. The van der Waals surface area contributed by atoms with Gasteiger partial charge in [-0.2, -0.15) is 0 Å². The molecule has 0 atom stereocenters. The van der Waals surface area contributed by atoms with Crippen molar-refractivity contribution in [2.75, 3.05) is 12.4 Å². The Kier molecular flexibility index (Phi) is 3.84. The first-order chi connectivity index (χ1) is 9.49. The number of pyridine rings is 1. The van der Waals surface area contributed by atoms with Crippen LogP contribution in [-0.4, -0.2) is 23.2 Å². The number of rotatable bonds is 4. The van der Waals surface area contributed by atoms with Crippen LogP contribution in [-0.2, 0) is 0 Å². The number of aryl methyl sites for hydroxylation is 1. The van der Waals surface area contributed by atoms with Crippen molar-refractivity contribution in [1.82, 2.24) is 4.98 Å². The molecule has 104 valence electrons. The topological polar surface area (TPSA) is 71.5 Å². The molecule has 6 heteroatoms. The van der Waals surface area contributed by atoms with Gasteiger partial charge >= 0.3 is 5.97 Å². The molecule has 20 heavy (non-hydrogen) atoms. The third kappa shape index (κ3) is 3.03. The van der Waals surface area contributed by atoms with Gasteiger partial charge in [-0.15, -0.1) is 0 Å². The van der Waals surface area contributed by atoms with Crippen LogP contribution in [0.15, 0.2) is 30.3 Å². The number of ether oxygens (including phenoxy) is 1. The number of aromatic nitrogens is 1. The van der Waals surface area contributed by atoms with Gasteiger partial charge in [-0.1, -0.05) is 0 Å². The smallest absolute Gasteiger partial charge is 0.335 e. The minimum Gasteiger partial charge on any atom is -0.497 e. The summed E-state index contributed by atoms with van der Waals surface area (Å²) in [5.41, 5.74) is 0.776. The van der Waals surface area contributed by atoms with E-state index >= 15 is 0 Å². The summed E-state index contributed by atoms with van der Waals surface area (Å²) in [5.74, 6) is -0.801. The molecule has 0 spiro atoms. The first kappa shape index (κ1) is 13.8. The molecule has 2 aromatic rings. The Morgan fingerprint density at radius 1 is 1.35 bits per heavy atom. The zero-order valence-electron chi connectivity index (χ0n) is 11.0. The van der Waals surface area contributed by atoms with Crippen LogP contribution < -0.4 is 10.1 Å². The highest BCUT2D eigenvalue weighted by atomic mass is 19.1. The largest absolute Gasteiger partial charge is 0.497 e. The Morgan fingerprint density at radius 3 is 2.75 bits per heavy atom. The van der Waals surface area contributed by atoms with Gasteiger partial charge in [0.15, 0.2) is 0 Å². The second-order valence-electron chi connectivity index (χ2n) is 4.16. The average Bonchev–Trinajstić information content (AvgIpc) is 2.40. The highest BCUT2D eigenvalue weighted by molar-refractivity contribution is 5.88. The highest BCUT2D eigenvalue weighted by Gasteiger charge is 2.09. The van der Waals surface area contributed by atoms with Crippen LogP contribution in [0, 0.1) is 12.7 Å². The van der Waals surface area contributed by atoms with Gasteiger partial charge in [0.2, 0.25) is 0 Å². The number of carboxylic acid groups (broad SMARTS) is 1. The third-order valence-electron chi connectivity index (χ3n) is 2.64. The molecule has 0 saturated carbocycles. The lowest BCUT2D eigenvalue weighted by Crippen LogP contribution is -2.03. The number of carbonyl (C=O) groups is 1. The minimum atomic E-state index is -1.07. The molecule has 0 fully saturated rings. The summed E-state index contributed by atoms with van der Waals surface area (Å²) < 4.78 is 18.7. The maximum absolute atomic E-state index is 13.7. The predicted octanol–water partition coefficient (Wildman–Crippen LogP) is 2.98. The molecule has 1 heterocycles. The van der Waals surface area contributed by atoms with Crippen LogP contribution >= 0.6 is 0 Å². The maximum Gasteiger partial charge on any atom is 0.335 e. The minimum absolute atomic E-state index is 0.0864. The predicted molar refractivity (Wildman–Crippen MR) is 72.2 cm³/mol. The first-order valence-electron chi connectivity index (χ1n) is 5.82. The van der Waals surface area contributed by atoms with Crippen molar-refractivity contribution in [2.45, 2.75) is 6.92 Å². The van der Waals surface area contributed by atoms with Gasteiger partial charge in [0, 0.05) is 11.8 Å². The SMILES string of the molecule is COc1ccc(F)c(Nc2cc(C(=O)O)cc(C)n2)c1. The second kappa shape index (κ2) is 5.56. The fraction of sp³-hybridized carbons (Fsp3) is 0.143. The molecule has 2 N–H and O–H groups in total. The van der Waals surface area contributed by atoms with Gasteiger partial charge in [-0.05, 0) is 31.2 Å². The zero-order chi connectivity index (χ0) is 14.7. The summed E-state index contributed by atoms with van der Waals surface area (Å²) in [4.78, 5) is 15.1. The van der Waals surface area contributed by atoms with E-state index < -0.39 is 11.8 Å². The van der Waals surface area contributed by atoms with E-state index in [4.69, 9.17) is 9.84 Å². The van der Waals surface area contributed by atoms with Gasteiger partial charge in [0.1, 0.15) is 17.4 Å². The van der Waals surface area contributed by atoms with Crippen LogP contribution in [0.2, 0.25) is 0 Å². The summed E-state index contributed by atoms with van der Waals surface area (Å²) in [6.07, 6.45) is 0. The van der Waals surface area contributed by atoms with E-state index in [0.717, 1.165) is 0 Å². The number of carboxylic acids is 1. The molecule has 0 unspecified atom stereocenters. The molecule has 0 aliphatic rings. The average molecular weight is 276 g/mol. The van der Waals surface area contributed by atoms with E-state index in [1.165, 1.54) is 37.4 Å². The standard InChI is InChI=1S/C14H13FN2O3/c1-8-5-9(14(18)19)6-13(16-8)17-12-7-10(20-2)3-4-11(12)15/h3-7H,1-2H3,(H,16,17)(H,18,19). The van der Waals surface area contributed by atoms with Gasteiger partial charge in [-0.25, -0.2) is 14.2 Å². The fourth-order valence-electron chi connectivity index (χ4n) is 1.72. The molecule has 2 rings (SSSR count). The quantitative estimate of drug-likeness (QED) is 0.898. The number of nitrogens with one attached hydrogen (secondary N) is 1. The number of methoxy groups -OCH3 is 1. The molecule has 0 bridgehead atoms. The Hall–Kier alpha value is -2.63. The Balaban J connectivity index is 2.36. The molecule has 5 nitrogen and oxygen atoms in total. The van der Waals surface area contributed by atoms with E-state index in [1.54, 1.807) is 6.92 Å². The van der Waals surface area contributed by atoms with Crippen molar-refractivity contribution in [3.05, 3.63) is 47.4 Å². The summed E-state index contributed by atoms with van der Waals surface area (Å²) in [6.45, 7) is 1.67.